The van der Waals surface area contributed by atoms with Crippen LogP contribution in [0.25, 0.3) is 10.2 Å². The predicted octanol–water partition coefficient (Wildman–Crippen LogP) is 5.47. The van der Waals surface area contributed by atoms with E-state index in [1.807, 2.05) is 18.2 Å². The number of aromatic nitrogens is 3. The van der Waals surface area contributed by atoms with Crippen molar-refractivity contribution < 1.29 is 4.74 Å². The minimum atomic E-state index is 0.329. The number of benzene rings is 2. The number of ether oxygens (including phenoxy) is 1. The van der Waals surface area contributed by atoms with Gasteiger partial charge in [-0.05, 0) is 36.4 Å². The number of anilines is 5. The van der Waals surface area contributed by atoms with E-state index in [9.17, 15) is 0 Å². The van der Waals surface area contributed by atoms with E-state index >= 15 is 0 Å². The van der Waals surface area contributed by atoms with Crippen LogP contribution >= 0.6 is 34.5 Å². The molecule has 0 amide bonds. The average molecular weight is 433 g/mol. The molecule has 0 unspecified atom stereocenters. The Kier molecular flexibility index (Phi) is 5.08. The van der Waals surface area contributed by atoms with Crippen molar-refractivity contribution in [3.63, 3.8) is 0 Å². The van der Waals surface area contributed by atoms with Crippen molar-refractivity contribution in [1.82, 2.24) is 15.0 Å². The van der Waals surface area contributed by atoms with Crippen LogP contribution in [0.4, 0.5) is 28.1 Å². The van der Waals surface area contributed by atoms with Gasteiger partial charge in [-0.2, -0.15) is 0 Å². The SMILES string of the molecule is COc1ccc2nc(Nc3ncnc(Nc4cc(Cl)ccc4Cl)c3N)sc2c1. The zero-order valence-electron chi connectivity index (χ0n) is 14.5. The summed E-state index contributed by atoms with van der Waals surface area (Å²) in [6.45, 7) is 0. The molecule has 0 saturated carbocycles. The van der Waals surface area contributed by atoms with Gasteiger partial charge in [-0.1, -0.05) is 34.5 Å². The number of nitrogen functional groups attached to an aromatic ring is 1. The van der Waals surface area contributed by atoms with Gasteiger partial charge in [0.2, 0.25) is 0 Å². The Morgan fingerprint density at radius 1 is 1.04 bits per heavy atom. The van der Waals surface area contributed by atoms with Crippen molar-refractivity contribution in [1.29, 1.82) is 0 Å². The Labute approximate surface area is 174 Å². The molecule has 0 radical (unpaired) electrons. The van der Waals surface area contributed by atoms with Crippen molar-refractivity contribution >= 4 is 72.9 Å². The summed E-state index contributed by atoms with van der Waals surface area (Å²) in [6.07, 6.45) is 1.40. The van der Waals surface area contributed by atoms with E-state index in [0.717, 1.165) is 16.0 Å². The van der Waals surface area contributed by atoms with Crippen molar-refractivity contribution in [2.75, 3.05) is 23.5 Å². The molecular formula is C18H14Cl2N6OS. The monoisotopic (exact) mass is 432 g/mol. The summed E-state index contributed by atoms with van der Waals surface area (Å²) in [6, 6.07) is 10.8. The molecule has 2 heterocycles. The van der Waals surface area contributed by atoms with Crippen molar-refractivity contribution in [2.45, 2.75) is 0 Å². The Bertz CT molecular complexity index is 1170. The standard InChI is InChI=1S/C18H14Cl2N6OS/c1-27-10-3-5-12-14(7-10)28-18(25-12)26-17-15(21)16(22-8-23-17)24-13-6-9(19)2-4-11(13)20/h2-8H,21H2,1H3,(H2,22,23,24,25,26). The van der Waals surface area contributed by atoms with Gasteiger partial charge < -0.3 is 21.1 Å². The molecule has 28 heavy (non-hydrogen) atoms. The molecule has 0 saturated heterocycles. The lowest BCUT2D eigenvalue weighted by Crippen LogP contribution is -2.05. The first-order chi connectivity index (χ1) is 13.5. The van der Waals surface area contributed by atoms with Gasteiger partial charge in [-0.3, -0.25) is 0 Å². The quantitative estimate of drug-likeness (QED) is 0.384. The van der Waals surface area contributed by atoms with Crippen molar-refractivity contribution in [2.24, 2.45) is 0 Å². The number of fused-ring (bicyclic) bond motifs is 1. The van der Waals surface area contributed by atoms with Gasteiger partial charge in [0.1, 0.15) is 17.8 Å². The first-order valence-electron chi connectivity index (χ1n) is 8.07. The lowest BCUT2D eigenvalue weighted by atomic mass is 10.3. The molecule has 0 atom stereocenters. The minimum absolute atomic E-state index is 0.329. The molecule has 142 valence electrons. The molecule has 4 N–H and O–H groups in total. The summed E-state index contributed by atoms with van der Waals surface area (Å²) in [5.74, 6) is 1.61. The highest BCUT2D eigenvalue weighted by atomic mass is 35.5. The zero-order chi connectivity index (χ0) is 19.7. The number of nitrogens with one attached hydrogen (secondary N) is 2. The highest BCUT2D eigenvalue weighted by Crippen LogP contribution is 2.35. The Hall–Kier alpha value is -2.81. The Balaban J connectivity index is 1.62. The summed E-state index contributed by atoms with van der Waals surface area (Å²) in [5.41, 5.74) is 8.01. The van der Waals surface area contributed by atoms with Gasteiger partial charge in [0, 0.05) is 5.02 Å². The molecular weight excluding hydrogens is 419 g/mol. The summed E-state index contributed by atoms with van der Waals surface area (Å²) < 4.78 is 6.23. The summed E-state index contributed by atoms with van der Waals surface area (Å²) in [7, 11) is 1.63. The van der Waals surface area contributed by atoms with Gasteiger partial charge in [-0.15, -0.1) is 0 Å². The van der Waals surface area contributed by atoms with Gasteiger partial charge in [0.05, 0.1) is 28.0 Å². The predicted molar refractivity (Wildman–Crippen MR) is 116 cm³/mol. The number of rotatable bonds is 5. The van der Waals surface area contributed by atoms with E-state index in [0.29, 0.717) is 38.2 Å². The minimum Gasteiger partial charge on any atom is -0.497 e. The molecule has 2 aromatic carbocycles. The number of hydrogen-bond donors (Lipinski definition) is 3. The van der Waals surface area contributed by atoms with Crippen molar-refractivity contribution in [3.05, 3.63) is 52.8 Å². The highest BCUT2D eigenvalue weighted by Gasteiger charge is 2.13. The average Bonchev–Trinajstić information content (AvgIpc) is 3.09. The lowest BCUT2D eigenvalue weighted by molar-refractivity contribution is 0.415. The van der Waals surface area contributed by atoms with Crippen LogP contribution in [0, 0.1) is 0 Å². The molecule has 0 aliphatic rings. The van der Waals surface area contributed by atoms with Gasteiger partial charge in [-0.25, -0.2) is 15.0 Å². The van der Waals surface area contributed by atoms with Crippen molar-refractivity contribution in [3.8, 4) is 5.75 Å². The maximum absolute atomic E-state index is 6.24. The number of methoxy groups -OCH3 is 1. The molecule has 0 aliphatic carbocycles. The van der Waals surface area contributed by atoms with Crippen LogP contribution in [0.3, 0.4) is 0 Å². The van der Waals surface area contributed by atoms with Crippen LogP contribution < -0.4 is 21.1 Å². The largest absolute Gasteiger partial charge is 0.497 e. The molecule has 4 aromatic rings. The highest BCUT2D eigenvalue weighted by molar-refractivity contribution is 7.22. The van der Waals surface area contributed by atoms with Crippen LogP contribution in [-0.4, -0.2) is 22.1 Å². The smallest absolute Gasteiger partial charge is 0.189 e. The zero-order valence-corrected chi connectivity index (χ0v) is 16.9. The van der Waals surface area contributed by atoms with Crippen LogP contribution in [-0.2, 0) is 0 Å². The molecule has 7 nitrogen and oxygen atoms in total. The van der Waals surface area contributed by atoms with E-state index in [1.54, 1.807) is 25.3 Å². The normalized spacial score (nSPS) is 10.8. The summed E-state index contributed by atoms with van der Waals surface area (Å²) in [5, 5.41) is 7.92. The summed E-state index contributed by atoms with van der Waals surface area (Å²) in [4.78, 5) is 12.9. The lowest BCUT2D eigenvalue weighted by Gasteiger charge is -2.12. The fourth-order valence-corrected chi connectivity index (χ4v) is 3.73. The molecule has 4 rings (SSSR count). The van der Waals surface area contributed by atoms with Crippen LogP contribution in [0.5, 0.6) is 5.75 Å². The van der Waals surface area contributed by atoms with E-state index in [4.69, 9.17) is 33.7 Å². The fraction of sp³-hybridized carbons (Fsp3) is 0.0556. The molecule has 0 fully saturated rings. The number of nitrogens with two attached hydrogens (primary N) is 1. The van der Waals surface area contributed by atoms with E-state index in [-0.39, 0.29) is 0 Å². The number of halogens is 2. The number of thiazole rings is 1. The van der Waals surface area contributed by atoms with Gasteiger partial charge in [0.15, 0.2) is 16.8 Å². The second-order valence-electron chi connectivity index (χ2n) is 5.71. The van der Waals surface area contributed by atoms with E-state index in [2.05, 4.69) is 25.6 Å². The second-order valence-corrected chi connectivity index (χ2v) is 7.59. The van der Waals surface area contributed by atoms with Gasteiger partial charge >= 0.3 is 0 Å². The van der Waals surface area contributed by atoms with E-state index < -0.39 is 0 Å². The first kappa shape index (κ1) is 18.5. The number of nitrogens with zero attached hydrogens (tertiary/aromatic N) is 3. The van der Waals surface area contributed by atoms with Gasteiger partial charge in [0.25, 0.3) is 0 Å². The third kappa shape index (κ3) is 3.75. The van der Waals surface area contributed by atoms with Crippen LogP contribution in [0.1, 0.15) is 0 Å². The molecule has 0 aliphatic heterocycles. The summed E-state index contributed by atoms with van der Waals surface area (Å²) >= 11 is 13.7. The maximum Gasteiger partial charge on any atom is 0.189 e. The molecule has 2 aromatic heterocycles. The third-order valence-corrected chi connectivity index (χ3v) is 5.38. The molecule has 0 spiro atoms. The molecule has 10 heteroatoms. The topological polar surface area (TPSA) is 98.0 Å². The second kappa shape index (κ2) is 7.67. The first-order valence-corrected chi connectivity index (χ1v) is 9.65. The third-order valence-electron chi connectivity index (χ3n) is 3.89. The fourth-order valence-electron chi connectivity index (χ4n) is 2.50. The maximum atomic E-state index is 6.24. The Morgan fingerprint density at radius 2 is 1.82 bits per heavy atom. The Morgan fingerprint density at radius 3 is 2.61 bits per heavy atom. The number of hydrogen-bond acceptors (Lipinski definition) is 8. The van der Waals surface area contributed by atoms with E-state index in [1.165, 1.54) is 17.7 Å². The molecule has 0 bridgehead atoms. The van der Waals surface area contributed by atoms with Crippen LogP contribution in [0.15, 0.2) is 42.7 Å². The van der Waals surface area contributed by atoms with Crippen LogP contribution in [0.2, 0.25) is 10.0 Å².